The molecule has 0 fully saturated rings. The average Bonchev–Trinajstić information content (AvgIpc) is 3.23. The number of carbonyl (C=O) groups excluding carboxylic acids is 3. The van der Waals surface area contributed by atoms with E-state index in [1.54, 1.807) is 6.08 Å². The zero-order valence-corrected chi connectivity index (χ0v) is 39.0. The third kappa shape index (κ3) is 46.3. The molecule has 0 aliphatic rings. The minimum absolute atomic E-state index is 0.102. The molecule has 0 bridgehead atoms. The van der Waals surface area contributed by atoms with Crippen molar-refractivity contribution in [3.05, 3.63) is 48.6 Å². The van der Waals surface area contributed by atoms with Crippen molar-refractivity contribution < 1.29 is 28.6 Å². The molecule has 0 N–H and O–H groups in total. The summed E-state index contributed by atoms with van der Waals surface area (Å²) in [4.78, 5) is 37.7. The molecule has 342 valence electrons. The average molecular weight is 827 g/mol. The SMILES string of the molecule is CC/C=C\C/C=C\C/C=C\CC(=O)OCC(COC(=O)CCCCCCC/C=C\CCCCCCCCCCC)OC(=O)CCCCCCCCCCCCCCCC. The number of ether oxygens (including phenoxy) is 3. The molecule has 0 aromatic heterocycles. The van der Waals surface area contributed by atoms with Gasteiger partial charge in [-0.2, -0.15) is 0 Å². The van der Waals surface area contributed by atoms with Crippen molar-refractivity contribution in [1.29, 1.82) is 0 Å². The second kappa shape index (κ2) is 48.0. The van der Waals surface area contributed by atoms with Crippen LogP contribution in [0.2, 0.25) is 0 Å². The van der Waals surface area contributed by atoms with Crippen molar-refractivity contribution in [3.8, 4) is 0 Å². The van der Waals surface area contributed by atoms with E-state index in [9.17, 15) is 14.4 Å². The first kappa shape index (κ1) is 56.4. The Morgan fingerprint density at radius 3 is 1.17 bits per heavy atom. The van der Waals surface area contributed by atoms with E-state index in [0.717, 1.165) is 64.2 Å². The van der Waals surface area contributed by atoms with E-state index in [1.807, 2.05) is 6.08 Å². The fraction of sp³-hybridized carbons (Fsp3) is 0.792. The number of esters is 3. The van der Waals surface area contributed by atoms with Crippen LogP contribution in [0.5, 0.6) is 0 Å². The first-order valence-electron chi connectivity index (χ1n) is 25.1. The minimum Gasteiger partial charge on any atom is -0.462 e. The smallest absolute Gasteiger partial charge is 0.309 e. The zero-order chi connectivity index (χ0) is 43.0. The van der Waals surface area contributed by atoms with Gasteiger partial charge >= 0.3 is 17.9 Å². The molecule has 0 aromatic rings. The summed E-state index contributed by atoms with van der Waals surface area (Å²) < 4.78 is 16.6. The fourth-order valence-corrected chi connectivity index (χ4v) is 7.09. The predicted octanol–water partition coefficient (Wildman–Crippen LogP) is 16.3. The highest BCUT2D eigenvalue weighted by Crippen LogP contribution is 2.15. The van der Waals surface area contributed by atoms with E-state index in [1.165, 1.54) is 148 Å². The van der Waals surface area contributed by atoms with Gasteiger partial charge in [-0.05, 0) is 57.8 Å². The van der Waals surface area contributed by atoms with E-state index < -0.39 is 12.1 Å². The molecular formula is C53H94O6. The molecule has 0 spiro atoms. The Bertz CT molecular complexity index is 1040. The lowest BCUT2D eigenvalue weighted by Crippen LogP contribution is -2.30. The molecule has 6 nitrogen and oxygen atoms in total. The molecule has 59 heavy (non-hydrogen) atoms. The first-order valence-corrected chi connectivity index (χ1v) is 25.1. The van der Waals surface area contributed by atoms with E-state index in [0.29, 0.717) is 12.8 Å². The number of unbranched alkanes of at least 4 members (excludes halogenated alkanes) is 27. The Balaban J connectivity index is 4.35. The van der Waals surface area contributed by atoms with Gasteiger partial charge in [-0.1, -0.05) is 223 Å². The maximum absolute atomic E-state index is 12.7. The van der Waals surface area contributed by atoms with Crippen LogP contribution in [0.25, 0.3) is 0 Å². The van der Waals surface area contributed by atoms with Gasteiger partial charge in [0.1, 0.15) is 13.2 Å². The number of allylic oxidation sites excluding steroid dienone is 7. The molecule has 0 aliphatic heterocycles. The van der Waals surface area contributed by atoms with Crippen LogP contribution < -0.4 is 0 Å². The standard InChI is InChI=1S/C53H94O6/c1-4-7-10-13-16-19-21-23-25-26-27-28-30-31-34-37-40-43-46-52(55)58-49-50(48-57-51(54)45-42-39-36-33-18-15-12-9-6-3)59-53(56)47-44-41-38-35-32-29-24-22-20-17-14-11-8-5-2/h9,12,18,27-28,33,39,42,50H,4-8,10-11,13-17,19-26,29-32,34-38,40-41,43-49H2,1-3H3/b12-9-,28-27-,33-18-,42-39-. The van der Waals surface area contributed by atoms with Crippen molar-refractivity contribution in [3.63, 3.8) is 0 Å². The van der Waals surface area contributed by atoms with E-state index in [4.69, 9.17) is 14.2 Å². The van der Waals surface area contributed by atoms with Crippen molar-refractivity contribution in [2.45, 2.75) is 258 Å². The zero-order valence-electron chi connectivity index (χ0n) is 39.0. The maximum atomic E-state index is 12.7. The lowest BCUT2D eigenvalue weighted by Gasteiger charge is -2.18. The van der Waals surface area contributed by atoms with Gasteiger partial charge in [0.2, 0.25) is 0 Å². The number of hydrogen-bond donors (Lipinski definition) is 0. The third-order valence-corrected chi connectivity index (χ3v) is 10.9. The van der Waals surface area contributed by atoms with Crippen LogP contribution in [0.15, 0.2) is 48.6 Å². The summed E-state index contributed by atoms with van der Waals surface area (Å²) in [5, 5.41) is 0. The topological polar surface area (TPSA) is 78.9 Å². The van der Waals surface area contributed by atoms with Gasteiger partial charge in [-0.3, -0.25) is 14.4 Å². The number of rotatable bonds is 45. The summed E-state index contributed by atoms with van der Waals surface area (Å²) in [6.07, 6.45) is 57.1. The molecule has 0 aliphatic carbocycles. The van der Waals surface area contributed by atoms with Gasteiger partial charge in [0.25, 0.3) is 0 Å². The lowest BCUT2D eigenvalue weighted by molar-refractivity contribution is -0.166. The molecule has 1 atom stereocenters. The summed E-state index contributed by atoms with van der Waals surface area (Å²) in [6, 6.07) is 0. The van der Waals surface area contributed by atoms with Gasteiger partial charge in [0.15, 0.2) is 6.10 Å². The van der Waals surface area contributed by atoms with Gasteiger partial charge in [0, 0.05) is 12.8 Å². The summed E-state index contributed by atoms with van der Waals surface area (Å²) >= 11 is 0. The van der Waals surface area contributed by atoms with Crippen LogP contribution >= 0.6 is 0 Å². The van der Waals surface area contributed by atoms with Crippen molar-refractivity contribution in [1.82, 2.24) is 0 Å². The Kier molecular flexibility index (Phi) is 45.9. The van der Waals surface area contributed by atoms with Gasteiger partial charge in [-0.15, -0.1) is 0 Å². The Morgan fingerprint density at radius 2 is 0.729 bits per heavy atom. The first-order chi connectivity index (χ1) is 29.0. The third-order valence-electron chi connectivity index (χ3n) is 10.9. The second-order valence-corrected chi connectivity index (χ2v) is 16.7. The van der Waals surface area contributed by atoms with Crippen LogP contribution in [0.4, 0.5) is 0 Å². The number of carbonyl (C=O) groups is 3. The summed E-state index contributed by atoms with van der Waals surface area (Å²) in [6.45, 7) is 6.43. The van der Waals surface area contributed by atoms with Gasteiger partial charge < -0.3 is 14.2 Å². The highest BCUT2D eigenvalue weighted by Gasteiger charge is 2.19. The largest absolute Gasteiger partial charge is 0.462 e. The Labute approximate surface area is 365 Å². The highest BCUT2D eigenvalue weighted by atomic mass is 16.6. The van der Waals surface area contributed by atoms with Crippen LogP contribution in [0.3, 0.4) is 0 Å². The lowest BCUT2D eigenvalue weighted by atomic mass is 10.0. The summed E-state index contributed by atoms with van der Waals surface area (Å²) in [5.74, 6) is -1.03. The van der Waals surface area contributed by atoms with E-state index in [-0.39, 0.29) is 31.6 Å². The summed E-state index contributed by atoms with van der Waals surface area (Å²) in [7, 11) is 0. The normalized spacial score (nSPS) is 12.4. The highest BCUT2D eigenvalue weighted by molar-refractivity contribution is 5.72. The predicted molar refractivity (Wildman–Crippen MR) is 252 cm³/mol. The number of hydrogen-bond acceptors (Lipinski definition) is 6. The molecular weight excluding hydrogens is 733 g/mol. The van der Waals surface area contributed by atoms with Crippen molar-refractivity contribution >= 4 is 17.9 Å². The van der Waals surface area contributed by atoms with Crippen LogP contribution in [-0.4, -0.2) is 37.2 Å². The minimum atomic E-state index is -0.807. The van der Waals surface area contributed by atoms with Crippen LogP contribution in [0.1, 0.15) is 252 Å². The Morgan fingerprint density at radius 1 is 0.373 bits per heavy atom. The second-order valence-electron chi connectivity index (χ2n) is 16.7. The molecule has 0 heterocycles. The van der Waals surface area contributed by atoms with Crippen LogP contribution in [0, 0.1) is 0 Å². The molecule has 0 aromatic carbocycles. The molecule has 0 amide bonds. The van der Waals surface area contributed by atoms with Gasteiger partial charge in [-0.25, -0.2) is 0 Å². The molecule has 0 saturated heterocycles. The fourth-order valence-electron chi connectivity index (χ4n) is 7.09. The van der Waals surface area contributed by atoms with E-state index >= 15 is 0 Å². The molecule has 0 rings (SSSR count). The maximum Gasteiger partial charge on any atom is 0.309 e. The monoisotopic (exact) mass is 827 g/mol. The summed E-state index contributed by atoms with van der Waals surface area (Å²) in [5.41, 5.74) is 0. The quantitative estimate of drug-likeness (QED) is 0.0263. The molecule has 0 saturated carbocycles. The molecule has 0 radical (unpaired) electrons. The molecule has 1 unspecified atom stereocenters. The van der Waals surface area contributed by atoms with Crippen molar-refractivity contribution in [2.75, 3.05) is 13.2 Å². The van der Waals surface area contributed by atoms with Gasteiger partial charge in [0.05, 0.1) is 6.42 Å². The van der Waals surface area contributed by atoms with Crippen molar-refractivity contribution in [2.24, 2.45) is 0 Å². The van der Waals surface area contributed by atoms with E-state index in [2.05, 4.69) is 57.2 Å². The Hall–Kier alpha value is -2.63. The molecule has 6 heteroatoms. The van der Waals surface area contributed by atoms with Crippen LogP contribution in [-0.2, 0) is 28.6 Å².